The van der Waals surface area contributed by atoms with Crippen LogP contribution in [-0.4, -0.2) is 0 Å². The van der Waals surface area contributed by atoms with Gasteiger partial charge >= 0.3 is 0 Å². The molecule has 0 atom stereocenters. The number of hydrogen-bond acceptors (Lipinski definition) is 3. The third-order valence-corrected chi connectivity index (χ3v) is 14.1. The summed E-state index contributed by atoms with van der Waals surface area (Å²) in [5.41, 5.74) is 17.2. The molecule has 3 heteroatoms. The molecule has 0 fully saturated rings. The second-order valence-corrected chi connectivity index (χ2v) is 19.0. The largest absolute Gasteiger partial charge is 0.456 e. The highest BCUT2D eigenvalue weighted by Crippen LogP contribution is 2.48. The summed E-state index contributed by atoms with van der Waals surface area (Å²) in [6, 6.07) is 91.8. The second-order valence-electron chi connectivity index (χ2n) is 19.0. The van der Waals surface area contributed by atoms with Gasteiger partial charge in [-0.2, -0.15) is 0 Å². The lowest BCUT2D eigenvalue weighted by molar-refractivity contribution is 0.641. The van der Waals surface area contributed by atoms with Crippen LogP contribution in [0.2, 0.25) is 0 Å². The van der Waals surface area contributed by atoms with Gasteiger partial charge in [0.15, 0.2) is 0 Å². The Kier molecular flexibility index (Phi) is 11.3. The third kappa shape index (κ3) is 8.27. The molecule has 0 unspecified atom stereocenters. The average molecular weight is 891 g/mol. The molecule has 0 radical (unpaired) electrons. The number of nitrogens with zero attached hydrogens (tertiary/aromatic N) is 2. The molecule has 11 aromatic rings. The molecule has 0 aliphatic heterocycles. The van der Waals surface area contributed by atoms with E-state index in [0.29, 0.717) is 0 Å². The van der Waals surface area contributed by atoms with Crippen molar-refractivity contribution < 1.29 is 4.42 Å². The zero-order valence-corrected chi connectivity index (χ0v) is 39.6. The molecule has 0 saturated carbocycles. The lowest BCUT2D eigenvalue weighted by Crippen LogP contribution is -2.19. The van der Waals surface area contributed by atoms with Crippen LogP contribution in [0.25, 0.3) is 44.2 Å². The average Bonchev–Trinajstić information content (AvgIpc) is 3.79. The van der Waals surface area contributed by atoms with E-state index in [1.807, 2.05) is 0 Å². The summed E-state index contributed by atoms with van der Waals surface area (Å²) in [5, 5.41) is 2.11. The zero-order chi connectivity index (χ0) is 47.0. The quantitative estimate of drug-likeness (QED) is 0.122. The molecule has 0 aliphatic carbocycles. The van der Waals surface area contributed by atoms with E-state index in [-0.39, 0.29) is 10.8 Å². The van der Waals surface area contributed by atoms with Crippen LogP contribution >= 0.6 is 0 Å². The molecule has 0 N–H and O–H groups in total. The normalized spacial score (nSPS) is 11.8. The van der Waals surface area contributed by atoms with E-state index in [0.717, 1.165) is 67.2 Å². The fraction of sp³-hybridized carbons (Fsp3) is 0.0909. The van der Waals surface area contributed by atoms with E-state index in [1.165, 1.54) is 33.4 Å². The predicted octanol–water partition coefficient (Wildman–Crippen LogP) is 18.5. The SMILES string of the molecule is CC(C)(c1ccccc1)c1ccc(N(c2ccc(-c3ccccc3)cc2)c2cc(N(c3ccc(-c4ccccc4)cc3)c3ccc(C(C)(C)c4ccccc4)cc3)c3c(c2)oc2ccccc23)cc1. The Balaban J connectivity index is 1.12. The highest BCUT2D eigenvalue weighted by Gasteiger charge is 2.28. The molecule has 0 spiro atoms. The van der Waals surface area contributed by atoms with Crippen LogP contribution in [0.4, 0.5) is 34.1 Å². The van der Waals surface area contributed by atoms with Crippen LogP contribution in [0.1, 0.15) is 49.9 Å². The molecule has 3 nitrogen and oxygen atoms in total. The van der Waals surface area contributed by atoms with Crippen molar-refractivity contribution in [1.29, 1.82) is 0 Å². The smallest absolute Gasteiger partial charge is 0.139 e. The van der Waals surface area contributed by atoms with Gasteiger partial charge < -0.3 is 14.2 Å². The zero-order valence-electron chi connectivity index (χ0n) is 39.6. The van der Waals surface area contributed by atoms with Crippen LogP contribution in [-0.2, 0) is 10.8 Å². The maximum atomic E-state index is 6.90. The van der Waals surface area contributed by atoms with E-state index >= 15 is 0 Å². The van der Waals surface area contributed by atoms with Gasteiger partial charge in [-0.25, -0.2) is 0 Å². The number of hydrogen-bond donors (Lipinski definition) is 0. The molecule has 0 saturated heterocycles. The summed E-state index contributed by atoms with van der Waals surface area (Å²) >= 11 is 0. The first-order valence-corrected chi connectivity index (χ1v) is 23.9. The molecular formula is C66H54N2O. The van der Waals surface area contributed by atoms with Gasteiger partial charge in [-0.05, 0) is 105 Å². The van der Waals surface area contributed by atoms with E-state index in [1.54, 1.807) is 0 Å². The number of furan rings is 1. The number of anilines is 6. The first kappa shape index (κ1) is 43.2. The maximum Gasteiger partial charge on any atom is 0.139 e. The van der Waals surface area contributed by atoms with Crippen LogP contribution in [0.15, 0.2) is 259 Å². The van der Waals surface area contributed by atoms with E-state index < -0.39 is 0 Å². The van der Waals surface area contributed by atoms with E-state index in [4.69, 9.17) is 4.42 Å². The summed E-state index contributed by atoms with van der Waals surface area (Å²) in [6.07, 6.45) is 0. The number of benzene rings is 10. The molecule has 1 aromatic heterocycles. The van der Waals surface area contributed by atoms with Crippen LogP contribution < -0.4 is 9.80 Å². The van der Waals surface area contributed by atoms with Gasteiger partial charge in [0.1, 0.15) is 11.2 Å². The molecule has 0 bridgehead atoms. The fourth-order valence-electron chi connectivity index (χ4n) is 9.96. The number of fused-ring (bicyclic) bond motifs is 3. The van der Waals surface area contributed by atoms with Crippen LogP contribution in [0.5, 0.6) is 0 Å². The molecule has 0 amide bonds. The molecule has 69 heavy (non-hydrogen) atoms. The number of rotatable bonds is 12. The van der Waals surface area contributed by atoms with Gasteiger partial charge in [-0.15, -0.1) is 0 Å². The van der Waals surface area contributed by atoms with Gasteiger partial charge in [-0.1, -0.05) is 216 Å². The minimum absolute atomic E-state index is 0.190. The van der Waals surface area contributed by atoms with E-state index in [2.05, 4.69) is 292 Å². The topological polar surface area (TPSA) is 19.6 Å². The Morgan fingerprint density at radius 2 is 0.638 bits per heavy atom. The molecule has 11 rings (SSSR count). The predicted molar refractivity (Wildman–Crippen MR) is 291 cm³/mol. The standard InChI is InChI=1S/C66H54N2O/c1-65(2,51-23-13-7-14-24-51)53-33-41-56(42-34-53)67(55-37-29-49(30-38-55)47-19-9-5-10-20-47)59-45-61(64-60-27-17-18-28-62(60)69-63(64)46-59)68(57-39-31-50(32-40-57)48-21-11-6-12-22-48)58-43-35-54(36-44-58)66(3,4)52-25-15-8-16-26-52/h5-46H,1-4H3. The van der Waals surface area contributed by atoms with Gasteiger partial charge in [-0.3, -0.25) is 0 Å². The Morgan fingerprint density at radius 1 is 0.290 bits per heavy atom. The minimum Gasteiger partial charge on any atom is -0.456 e. The van der Waals surface area contributed by atoms with E-state index in [9.17, 15) is 0 Å². The van der Waals surface area contributed by atoms with Gasteiger partial charge in [0.2, 0.25) is 0 Å². The summed E-state index contributed by atoms with van der Waals surface area (Å²) in [4.78, 5) is 4.77. The van der Waals surface area contributed by atoms with Gasteiger partial charge in [0.25, 0.3) is 0 Å². The van der Waals surface area contributed by atoms with Crippen molar-refractivity contribution in [3.8, 4) is 22.3 Å². The molecule has 10 aromatic carbocycles. The lowest BCUT2D eigenvalue weighted by atomic mass is 9.78. The van der Waals surface area contributed by atoms with Crippen molar-refractivity contribution >= 4 is 56.1 Å². The minimum atomic E-state index is -0.196. The first-order valence-electron chi connectivity index (χ1n) is 23.9. The lowest BCUT2D eigenvalue weighted by Gasteiger charge is -2.31. The summed E-state index contributed by atoms with van der Waals surface area (Å²) in [6.45, 7) is 9.21. The first-order chi connectivity index (χ1) is 33.7. The van der Waals surface area contributed by atoms with Crippen LogP contribution in [0.3, 0.4) is 0 Å². The third-order valence-electron chi connectivity index (χ3n) is 14.1. The number of para-hydroxylation sites is 1. The Labute approximate surface area is 406 Å². The summed E-state index contributed by atoms with van der Waals surface area (Å²) in [7, 11) is 0. The van der Waals surface area contributed by atoms with Crippen molar-refractivity contribution in [2.75, 3.05) is 9.80 Å². The summed E-state index contributed by atoms with van der Waals surface area (Å²) in [5.74, 6) is 0. The second kappa shape index (κ2) is 18.0. The van der Waals surface area contributed by atoms with Crippen LogP contribution in [0, 0.1) is 0 Å². The highest BCUT2D eigenvalue weighted by atomic mass is 16.3. The Hall–Kier alpha value is -8.40. The highest BCUT2D eigenvalue weighted by molar-refractivity contribution is 6.15. The molecular weight excluding hydrogens is 837 g/mol. The Bertz CT molecular complexity index is 3490. The molecule has 334 valence electrons. The summed E-state index contributed by atoms with van der Waals surface area (Å²) < 4.78 is 6.90. The monoisotopic (exact) mass is 890 g/mol. The van der Waals surface area contributed by atoms with Gasteiger partial charge in [0.05, 0.1) is 16.8 Å². The van der Waals surface area contributed by atoms with Crippen molar-refractivity contribution in [1.82, 2.24) is 0 Å². The molecule has 1 heterocycles. The van der Waals surface area contributed by atoms with Crippen molar-refractivity contribution in [3.63, 3.8) is 0 Å². The van der Waals surface area contributed by atoms with Crippen molar-refractivity contribution in [2.24, 2.45) is 0 Å². The van der Waals surface area contributed by atoms with Crippen molar-refractivity contribution in [3.05, 3.63) is 277 Å². The maximum absolute atomic E-state index is 6.90. The van der Waals surface area contributed by atoms with Crippen molar-refractivity contribution in [2.45, 2.75) is 38.5 Å². The molecule has 0 aliphatic rings. The Morgan fingerprint density at radius 3 is 1.09 bits per heavy atom. The fourth-order valence-corrected chi connectivity index (χ4v) is 9.96. The van der Waals surface area contributed by atoms with Gasteiger partial charge in [0, 0.05) is 45.0 Å².